The SMILES string of the molecule is CCC1(C)NCCCC1O. The van der Waals surface area contributed by atoms with Gasteiger partial charge >= 0.3 is 0 Å². The third-order valence-electron chi connectivity index (χ3n) is 2.65. The van der Waals surface area contributed by atoms with Crippen LogP contribution in [0.15, 0.2) is 0 Å². The normalized spacial score (nSPS) is 41.7. The van der Waals surface area contributed by atoms with Crippen molar-refractivity contribution in [3.05, 3.63) is 0 Å². The van der Waals surface area contributed by atoms with Gasteiger partial charge in [-0.05, 0) is 32.7 Å². The molecule has 1 aliphatic heterocycles. The van der Waals surface area contributed by atoms with Crippen molar-refractivity contribution in [1.82, 2.24) is 5.32 Å². The Morgan fingerprint density at radius 3 is 2.80 bits per heavy atom. The van der Waals surface area contributed by atoms with Crippen LogP contribution < -0.4 is 5.32 Å². The molecule has 0 spiro atoms. The molecule has 2 unspecified atom stereocenters. The maximum Gasteiger partial charge on any atom is 0.0719 e. The molecule has 1 heterocycles. The molecule has 2 nitrogen and oxygen atoms in total. The van der Waals surface area contributed by atoms with Gasteiger partial charge in [0.2, 0.25) is 0 Å². The van der Waals surface area contributed by atoms with Gasteiger partial charge in [0.1, 0.15) is 0 Å². The van der Waals surface area contributed by atoms with Gasteiger partial charge in [0.15, 0.2) is 0 Å². The average Bonchev–Trinajstić information content (AvgIpc) is 1.96. The number of hydrogen-bond acceptors (Lipinski definition) is 2. The smallest absolute Gasteiger partial charge is 0.0719 e. The Balaban J connectivity index is 2.54. The molecular formula is C8H17NO. The van der Waals surface area contributed by atoms with Crippen LogP contribution in [0.25, 0.3) is 0 Å². The summed E-state index contributed by atoms with van der Waals surface area (Å²) in [6, 6.07) is 0. The van der Waals surface area contributed by atoms with E-state index in [1.165, 1.54) is 0 Å². The number of rotatable bonds is 1. The molecule has 0 saturated carbocycles. The Morgan fingerprint density at radius 1 is 1.70 bits per heavy atom. The average molecular weight is 143 g/mol. The molecule has 0 radical (unpaired) electrons. The Bertz CT molecular complexity index is 116. The van der Waals surface area contributed by atoms with Crippen molar-refractivity contribution in [3.8, 4) is 0 Å². The van der Waals surface area contributed by atoms with E-state index in [0.717, 1.165) is 25.8 Å². The molecule has 1 saturated heterocycles. The number of aliphatic hydroxyl groups is 1. The van der Waals surface area contributed by atoms with Gasteiger partial charge in [0.05, 0.1) is 6.10 Å². The first-order chi connectivity index (χ1) is 4.69. The minimum absolute atomic E-state index is 0.0156. The topological polar surface area (TPSA) is 32.3 Å². The molecule has 2 heteroatoms. The zero-order chi connectivity index (χ0) is 7.61. The minimum atomic E-state index is -0.147. The van der Waals surface area contributed by atoms with Crippen LogP contribution in [-0.4, -0.2) is 23.3 Å². The molecule has 1 rings (SSSR count). The van der Waals surface area contributed by atoms with Crippen LogP contribution in [-0.2, 0) is 0 Å². The predicted molar refractivity (Wildman–Crippen MR) is 41.9 cm³/mol. The number of aliphatic hydroxyl groups excluding tert-OH is 1. The number of hydrogen-bond donors (Lipinski definition) is 2. The Labute approximate surface area is 62.6 Å². The maximum absolute atomic E-state index is 9.57. The second-order valence-corrected chi connectivity index (χ2v) is 3.36. The van der Waals surface area contributed by atoms with Crippen molar-refractivity contribution in [2.75, 3.05) is 6.54 Å². The second-order valence-electron chi connectivity index (χ2n) is 3.36. The van der Waals surface area contributed by atoms with Crippen molar-refractivity contribution in [1.29, 1.82) is 0 Å². The lowest BCUT2D eigenvalue weighted by molar-refractivity contribution is 0.0382. The highest BCUT2D eigenvalue weighted by Gasteiger charge is 2.32. The first kappa shape index (κ1) is 8.02. The third kappa shape index (κ3) is 1.32. The summed E-state index contributed by atoms with van der Waals surface area (Å²) in [5.41, 5.74) is -0.0156. The quantitative estimate of drug-likeness (QED) is 0.571. The van der Waals surface area contributed by atoms with Gasteiger partial charge in [-0.3, -0.25) is 0 Å². The third-order valence-corrected chi connectivity index (χ3v) is 2.65. The van der Waals surface area contributed by atoms with Gasteiger partial charge in [-0.1, -0.05) is 6.92 Å². The Kier molecular flexibility index (Phi) is 2.32. The summed E-state index contributed by atoms with van der Waals surface area (Å²) < 4.78 is 0. The molecule has 0 aromatic carbocycles. The lowest BCUT2D eigenvalue weighted by Crippen LogP contribution is -2.55. The van der Waals surface area contributed by atoms with E-state index in [1.54, 1.807) is 0 Å². The summed E-state index contributed by atoms with van der Waals surface area (Å²) in [5, 5.41) is 12.9. The van der Waals surface area contributed by atoms with Gasteiger partial charge in [-0.2, -0.15) is 0 Å². The van der Waals surface area contributed by atoms with Gasteiger partial charge in [0, 0.05) is 5.54 Å². The summed E-state index contributed by atoms with van der Waals surface area (Å²) >= 11 is 0. The van der Waals surface area contributed by atoms with E-state index < -0.39 is 0 Å². The van der Waals surface area contributed by atoms with Gasteiger partial charge in [0.25, 0.3) is 0 Å². The highest BCUT2D eigenvalue weighted by Crippen LogP contribution is 2.22. The van der Waals surface area contributed by atoms with E-state index >= 15 is 0 Å². The van der Waals surface area contributed by atoms with E-state index in [4.69, 9.17) is 0 Å². The van der Waals surface area contributed by atoms with E-state index in [1.807, 2.05) is 0 Å². The molecule has 0 bridgehead atoms. The Morgan fingerprint density at radius 2 is 2.40 bits per heavy atom. The summed E-state index contributed by atoms with van der Waals surface area (Å²) in [4.78, 5) is 0. The molecule has 1 aliphatic rings. The van der Waals surface area contributed by atoms with Crippen molar-refractivity contribution >= 4 is 0 Å². The summed E-state index contributed by atoms with van der Waals surface area (Å²) in [6.07, 6.45) is 2.92. The van der Waals surface area contributed by atoms with Crippen LogP contribution in [0.1, 0.15) is 33.1 Å². The van der Waals surface area contributed by atoms with Crippen LogP contribution >= 0.6 is 0 Å². The van der Waals surface area contributed by atoms with Crippen molar-refractivity contribution in [2.24, 2.45) is 0 Å². The van der Waals surface area contributed by atoms with E-state index in [2.05, 4.69) is 19.2 Å². The molecule has 0 aliphatic carbocycles. The summed E-state index contributed by atoms with van der Waals surface area (Å²) in [5.74, 6) is 0. The highest BCUT2D eigenvalue weighted by molar-refractivity contribution is 4.92. The summed E-state index contributed by atoms with van der Waals surface area (Å²) in [7, 11) is 0. The zero-order valence-electron chi connectivity index (χ0n) is 6.85. The fourth-order valence-corrected chi connectivity index (χ4v) is 1.47. The molecular weight excluding hydrogens is 126 g/mol. The van der Waals surface area contributed by atoms with Crippen LogP contribution in [0.2, 0.25) is 0 Å². The first-order valence-electron chi connectivity index (χ1n) is 4.12. The zero-order valence-corrected chi connectivity index (χ0v) is 6.85. The second kappa shape index (κ2) is 2.89. The van der Waals surface area contributed by atoms with Crippen LogP contribution in [0.4, 0.5) is 0 Å². The number of piperidine rings is 1. The summed E-state index contributed by atoms with van der Waals surface area (Å²) in [6.45, 7) is 5.26. The fraction of sp³-hybridized carbons (Fsp3) is 1.00. The fourth-order valence-electron chi connectivity index (χ4n) is 1.47. The minimum Gasteiger partial charge on any atom is -0.391 e. The molecule has 60 valence electrons. The van der Waals surface area contributed by atoms with Gasteiger partial charge in [-0.25, -0.2) is 0 Å². The van der Waals surface area contributed by atoms with Crippen LogP contribution in [0.3, 0.4) is 0 Å². The molecule has 2 atom stereocenters. The monoisotopic (exact) mass is 143 g/mol. The standard InChI is InChI=1S/C8H17NO/c1-3-8(2)7(10)5-4-6-9-8/h7,9-10H,3-6H2,1-2H3. The van der Waals surface area contributed by atoms with Crippen molar-refractivity contribution < 1.29 is 5.11 Å². The molecule has 0 aromatic heterocycles. The Hall–Kier alpha value is -0.0800. The van der Waals surface area contributed by atoms with Crippen molar-refractivity contribution in [3.63, 3.8) is 0 Å². The molecule has 2 N–H and O–H groups in total. The van der Waals surface area contributed by atoms with Gasteiger partial charge in [-0.15, -0.1) is 0 Å². The number of nitrogens with one attached hydrogen (secondary N) is 1. The largest absolute Gasteiger partial charge is 0.391 e. The molecule has 0 amide bonds. The maximum atomic E-state index is 9.57. The van der Waals surface area contributed by atoms with Gasteiger partial charge < -0.3 is 10.4 Å². The molecule has 0 aromatic rings. The van der Waals surface area contributed by atoms with E-state index in [0.29, 0.717) is 0 Å². The van der Waals surface area contributed by atoms with Crippen LogP contribution in [0, 0.1) is 0 Å². The highest BCUT2D eigenvalue weighted by atomic mass is 16.3. The van der Waals surface area contributed by atoms with E-state index in [9.17, 15) is 5.11 Å². The lowest BCUT2D eigenvalue weighted by atomic mass is 9.86. The van der Waals surface area contributed by atoms with E-state index in [-0.39, 0.29) is 11.6 Å². The lowest BCUT2D eigenvalue weighted by Gasteiger charge is -2.38. The molecule has 10 heavy (non-hydrogen) atoms. The van der Waals surface area contributed by atoms with Crippen molar-refractivity contribution in [2.45, 2.75) is 44.8 Å². The predicted octanol–water partition coefficient (Wildman–Crippen LogP) is 0.899. The first-order valence-corrected chi connectivity index (χ1v) is 4.12. The molecule has 1 fully saturated rings. The van der Waals surface area contributed by atoms with Crippen LogP contribution in [0.5, 0.6) is 0 Å².